The molecule has 0 spiro atoms. The van der Waals surface area contributed by atoms with Crippen molar-refractivity contribution in [3.05, 3.63) is 29.8 Å². The molecule has 4 amide bonds. The molecule has 35 heavy (non-hydrogen) atoms. The Morgan fingerprint density at radius 1 is 0.914 bits per heavy atom. The summed E-state index contributed by atoms with van der Waals surface area (Å²) in [6.45, 7) is 3.60. The summed E-state index contributed by atoms with van der Waals surface area (Å²) in [6.07, 6.45) is -0.451. The molecule has 0 radical (unpaired) electrons. The van der Waals surface area contributed by atoms with Gasteiger partial charge in [0, 0.05) is 12.2 Å². The molecular weight excluding hydrogens is 478 g/mol. The Bertz CT molecular complexity index is 910. The SMILES string of the molecule is CC(C)CC(NC(=O)C(CC(N)=O)NC(=O)C(N)CS)C(=O)NC(Cc1ccc(O)cc1)C(=O)O. The van der Waals surface area contributed by atoms with Gasteiger partial charge in [-0.05, 0) is 30.0 Å². The number of carbonyl (C=O) groups is 5. The molecule has 1 aromatic carbocycles. The Labute approximate surface area is 208 Å². The number of phenolic OH excluding ortho intramolecular Hbond substituents is 1. The number of carboxylic acid groups (broad SMARTS) is 1. The normalized spacial score (nSPS) is 14.3. The number of rotatable bonds is 14. The van der Waals surface area contributed by atoms with Gasteiger partial charge in [0.05, 0.1) is 12.5 Å². The highest BCUT2D eigenvalue weighted by Crippen LogP contribution is 2.12. The van der Waals surface area contributed by atoms with Crippen LogP contribution in [0.15, 0.2) is 24.3 Å². The smallest absolute Gasteiger partial charge is 0.326 e. The van der Waals surface area contributed by atoms with Crippen molar-refractivity contribution in [1.29, 1.82) is 0 Å². The molecule has 9 N–H and O–H groups in total. The summed E-state index contributed by atoms with van der Waals surface area (Å²) in [6, 6.07) is 0.945. The first-order chi connectivity index (χ1) is 16.3. The van der Waals surface area contributed by atoms with E-state index >= 15 is 0 Å². The maximum Gasteiger partial charge on any atom is 0.326 e. The molecule has 0 aliphatic heterocycles. The Kier molecular flexibility index (Phi) is 12.0. The van der Waals surface area contributed by atoms with Crippen molar-refractivity contribution in [3.8, 4) is 5.75 Å². The van der Waals surface area contributed by atoms with E-state index in [1.54, 1.807) is 13.8 Å². The van der Waals surface area contributed by atoms with E-state index in [4.69, 9.17) is 11.5 Å². The second-order valence-corrected chi connectivity index (χ2v) is 8.85. The molecule has 0 aliphatic carbocycles. The fourth-order valence-corrected chi connectivity index (χ4v) is 3.25. The van der Waals surface area contributed by atoms with Crippen molar-refractivity contribution >= 4 is 42.2 Å². The maximum atomic E-state index is 13.0. The topological polar surface area (TPSA) is 214 Å². The molecule has 0 saturated carbocycles. The predicted octanol–water partition coefficient (Wildman–Crippen LogP) is -1.35. The molecule has 0 bridgehead atoms. The Morgan fingerprint density at radius 2 is 1.43 bits per heavy atom. The first kappa shape index (κ1) is 29.7. The van der Waals surface area contributed by atoms with E-state index in [9.17, 15) is 34.2 Å². The van der Waals surface area contributed by atoms with Gasteiger partial charge in [-0.3, -0.25) is 19.2 Å². The number of primary amides is 1. The van der Waals surface area contributed by atoms with Crippen molar-refractivity contribution in [3.63, 3.8) is 0 Å². The molecule has 4 unspecified atom stereocenters. The fourth-order valence-electron chi connectivity index (χ4n) is 3.09. The number of thiol groups is 1. The summed E-state index contributed by atoms with van der Waals surface area (Å²) in [5.74, 6) is -4.57. The first-order valence-corrected chi connectivity index (χ1v) is 11.5. The van der Waals surface area contributed by atoms with Crippen molar-refractivity contribution < 1.29 is 34.2 Å². The first-order valence-electron chi connectivity index (χ1n) is 10.9. The number of hydrogen-bond donors (Lipinski definition) is 8. The highest BCUT2D eigenvalue weighted by Gasteiger charge is 2.31. The summed E-state index contributed by atoms with van der Waals surface area (Å²) in [7, 11) is 0. The molecule has 4 atom stereocenters. The lowest BCUT2D eigenvalue weighted by Gasteiger charge is -2.25. The Hall–Kier alpha value is -3.32. The van der Waals surface area contributed by atoms with Gasteiger partial charge >= 0.3 is 5.97 Å². The minimum Gasteiger partial charge on any atom is -0.508 e. The van der Waals surface area contributed by atoms with E-state index < -0.39 is 60.2 Å². The van der Waals surface area contributed by atoms with Crippen molar-refractivity contribution in [1.82, 2.24) is 16.0 Å². The van der Waals surface area contributed by atoms with Crippen LogP contribution in [0.5, 0.6) is 5.75 Å². The number of nitrogens with two attached hydrogens (primary N) is 2. The van der Waals surface area contributed by atoms with Gasteiger partial charge in [-0.25, -0.2) is 4.79 Å². The van der Waals surface area contributed by atoms with Gasteiger partial charge in [0.1, 0.15) is 23.9 Å². The average Bonchev–Trinajstić information content (AvgIpc) is 2.77. The predicted molar refractivity (Wildman–Crippen MR) is 130 cm³/mol. The van der Waals surface area contributed by atoms with E-state index in [1.807, 2.05) is 0 Å². The molecule has 0 heterocycles. The minimum atomic E-state index is -1.39. The lowest BCUT2D eigenvalue weighted by atomic mass is 10.0. The minimum absolute atomic E-state index is 0.00721. The number of benzene rings is 1. The number of phenols is 1. The molecule has 194 valence electrons. The number of nitrogens with one attached hydrogen (secondary N) is 3. The monoisotopic (exact) mass is 511 g/mol. The van der Waals surface area contributed by atoms with E-state index in [-0.39, 0.29) is 30.3 Å². The molecule has 1 aromatic rings. The summed E-state index contributed by atoms with van der Waals surface area (Å²) in [4.78, 5) is 61.1. The van der Waals surface area contributed by atoms with E-state index in [1.165, 1.54) is 24.3 Å². The summed E-state index contributed by atoms with van der Waals surface area (Å²) < 4.78 is 0. The fraction of sp³-hybridized carbons (Fsp3) is 0.500. The molecule has 12 nitrogen and oxygen atoms in total. The maximum absolute atomic E-state index is 13.0. The number of carbonyl (C=O) groups excluding carboxylic acids is 4. The molecule has 13 heteroatoms. The summed E-state index contributed by atoms with van der Waals surface area (Å²) in [5, 5.41) is 26.2. The molecule has 0 saturated heterocycles. The number of aliphatic carboxylic acids is 1. The lowest BCUT2D eigenvalue weighted by Crippen LogP contribution is -2.58. The third-order valence-corrected chi connectivity index (χ3v) is 5.30. The zero-order chi connectivity index (χ0) is 26.7. The summed E-state index contributed by atoms with van der Waals surface area (Å²) in [5.41, 5.74) is 11.3. The van der Waals surface area contributed by atoms with Gasteiger partial charge in [-0.1, -0.05) is 26.0 Å². The number of amides is 4. The van der Waals surface area contributed by atoms with E-state index in [0.717, 1.165) is 0 Å². The molecule has 1 rings (SSSR count). The lowest BCUT2D eigenvalue weighted by molar-refractivity contribution is -0.142. The average molecular weight is 512 g/mol. The molecular formula is C22H33N5O7S. The van der Waals surface area contributed by atoms with Crippen LogP contribution in [0, 0.1) is 5.92 Å². The van der Waals surface area contributed by atoms with Crippen LogP contribution in [0.2, 0.25) is 0 Å². The standard InChI is InChI=1S/C22H33N5O7S/c1-11(2)7-15(26-21(32)16(9-18(24)29)25-19(30)14(23)10-35)20(31)27-17(22(33)34)8-12-3-5-13(28)6-4-12/h3-6,11,14-17,28,35H,7-10,23H2,1-2H3,(H2,24,29)(H,25,30)(H,26,32)(H,27,31)(H,33,34). The number of carboxylic acids is 1. The van der Waals surface area contributed by atoms with Gasteiger partial charge in [-0.15, -0.1) is 0 Å². The Morgan fingerprint density at radius 3 is 1.91 bits per heavy atom. The van der Waals surface area contributed by atoms with Crippen LogP contribution < -0.4 is 27.4 Å². The Balaban J connectivity index is 3.02. The van der Waals surface area contributed by atoms with Gasteiger partial charge in [-0.2, -0.15) is 12.6 Å². The van der Waals surface area contributed by atoms with Crippen LogP contribution in [-0.4, -0.2) is 69.7 Å². The van der Waals surface area contributed by atoms with Crippen LogP contribution in [-0.2, 0) is 30.4 Å². The largest absolute Gasteiger partial charge is 0.508 e. The molecule has 0 fully saturated rings. The highest BCUT2D eigenvalue weighted by atomic mass is 32.1. The van der Waals surface area contributed by atoms with Crippen LogP contribution in [0.1, 0.15) is 32.3 Å². The van der Waals surface area contributed by atoms with Crippen LogP contribution in [0.4, 0.5) is 0 Å². The van der Waals surface area contributed by atoms with Crippen LogP contribution >= 0.6 is 12.6 Å². The van der Waals surface area contributed by atoms with Crippen LogP contribution in [0.25, 0.3) is 0 Å². The zero-order valence-electron chi connectivity index (χ0n) is 19.6. The van der Waals surface area contributed by atoms with Gasteiger partial charge in [0.25, 0.3) is 0 Å². The van der Waals surface area contributed by atoms with Gasteiger partial charge in [0.2, 0.25) is 23.6 Å². The summed E-state index contributed by atoms with van der Waals surface area (Å²) >= 11 is 3.92. The number of hydrogen-bond acceptors (Lipinski definition) is 8. The van der Waals surface area contributed by atoms with E-state index in [0.29, 0.717) is 5.56 Å². The molecule has 0 aliphatic rings. The van der Waals surface area contributed by atoms with Gasteiger partial charge < -0.3 is 37.6 Å². The highest BCUT2D eigenvalue weighted by molar-refractivity contribution is 7.80. The van der Waals surface area contributed by atoms with Crippen molar-refractivity contribution in [2.75, 3.05) is 5.75 Å². The molecule has 0 aromatic heterocycles. The van der Waals surface area contributed by atoms with Crippen molar-refractivity contribution in [2.45, 2.75) is 57.3 Å². The zero-order valence-corrected chi connectivity index (χ0v) is 20.5. The van der Waals surface area contributed by atoms with E-state index in [2.05, 4.69) is 28.6 Å². The quantitative estimate of drug-likeness (QED) is 0.139. The van der Waals surface area contributed by atoms with Gasteiger partial charge in [0.15, 0.2) is 0 Å². The van der Waals surface area contributed by atoms with Crippen molar-refractivity contribution in [2.24, 2.45) is 17.4 Å². The third-order valence-electron chi connectivity index (χ3n) is 4.90. The van der Waals surface area contributed by atoms with Crippen LogP contribution in [0.3, 0.4) is 0 Å². The second kappa shape index (κ2) is 14.2. The second-order valence-electron chi connectivity index (χ2n) is 8.48. The number of aromatic hydroxyl groups is 1. The third kappa shape index (κ3) is 10.6.